The maximum atomic E-state index is 2.19. The predicted octanol–water partition coefficient (Wildman–Crippen LogP) is 8.56. The Kier molecular flexibility index (Phi) is 100. The number of hydrogen-bond acceptors (Lipinski definition) is 0. The van der Waals surface area contributed by atoms with Crippen LogP contribution in [-0.2, 0) is 0 Å². The fourth-order valence-electron chi connectivity index (χ4n) is 0. The first kappa shape index (κ1) is 68.0. The van der Waals surface area contributed by atoms with E-state index < -0.39 is 0 Å². The first-order chi connectivity index (χ1) is 4.00. The molecule has 0 heterocycles. The highest BCUT2D eigenvalue weighted by Gasteiger charge is 1.96. The van der Waals surface area contributed by atoms with Crippen LogP contribution >= 0.6 is 0 Å². The summed E-state index contributed by atoms with van der Waals surface area (Å²) >= 11 is 0. The van der Waals surface area contributed by atoms with E-state index in [1.54, 1.807) is 0 Å². The zero-order chi connectivity index (χ0) is 9.00. The topological polar surface area (TPSA) is 0 Å². The molecule has 0 unspecified atom stereocenters. The first-order valence-corrected chi connectivity index (χ1v) is 4.00. The lowest BCUT2D eigenvalue weighted by molar-refractivity contribution is 0.469. The molecule has 0 spiro atoms. The molecule has 0 atom stereocenters. The summed E-state index contributed by atoms with van der Waals surface area (Å²) in [6.45, 7) is 17.5. The molecule has 0 amide bonds. The smallest absolute Gasteiger partial charge is 0.0411 e. The highest BCUT2D eigenvalue weighted by molar-refractivity contribution is 4.47. The van der Waals surface area contributed by atoms with Gasteiger partial charge >= 0.3 is 0 Å². The Morgan fingerprint density at radius 1 is 0.294 bits per heavy atom. The molecule has 17 heavy (non-hydrogen) atoms. The monoisotopic (exact) mass is 256 g/mol. The molecule has 0 aliphatic heterocycles. The van der Waals surface area contributed by atoms with Crippen LogP contribution in [0.4, 0.5) is 0 Å². The summed E-state index contributed by atoms with van der Waals surface area (Å²) in [5.74, 6) is 0. The lowest BCUT2D eigenvalue weighted by Crippen LogP contribution is -1.93. The van der Waals surface area contributed by atoms with Gasteiger partial charge in [-0.1, -0.05) is 107 Å². The van der Waals surface area contributed by atoms with E-state index in [1.165, 1.54) is 0 Å². The quantitative estimate of drug-likeness (QED) is 0.407. The minimum absolute atomic E-state index is 0. The molecular weight excluding hydrogens is 204 g/mol. The van der Waals surface area contributed by atoms with Crippen molar-refractivity contribution in [2.24, 2.45) is 10.8 Å². The van der Waals surface area contributed by atoms with Gasteiger partial charge in [0.05, 0.1) is 0 Å². The van der Waals surface area contributed by atoms with Crippen LogP contribution in [0.5, 0.6) is 0 Å². The minimum Gasteiger partial charge on any atom is -0.0776 e. The van der Waals surface area contributed by atoms with Gasteiger partial charge in [-0.3, -0.25) is 0 Å². The highest BCUT2D eigenvalue weighted by Crippen LogP contribution is 2.08. The molecule has 0 heteroatoms. The summed E-state index contributed by atoms with van der Waals surface area (Å²) < 4.78 is 0. The van der Waals surface area contributed by atoms with Crippen LogP contribution in [-0.4, -0.2) is 0 Å². The van der Waals surface area contributed by atoms with Crippen LogP contribution in [0.25, 0.3) is 0 Å². The molecule has 0 radical (unpaired) electrons. The summed E-state index contributed by atoms with van der Waals surface area (Å²) in [5.41, 5.74) is 1.00. The molecule has 0 aliphatic carbocycles. The molecule has 0 fully saturated rings. The van der Waals surface area contributed by atoms with Crippen molar-refractivity contribution in [3.05, 3.63) is 0 Å². The van der Waals surface area contributed by atoms with Crippen molar-refractivity contribution in [2.45, 2.75) is 107 Å². The van der Waals surface area contributed by atoms with E-state index in [9.17, 15) is 0 Å². The predicted molar refractivity (Wildman–Crippen MR) is 97.4 cm³/mol. The standard InChI is InChI=1S/2C5H12.7CH4/c2*1-5(2,3)4;;;;;;;/h2*1-4H3;7*1H4. The Hall–Kier alpha value is 0. The summed E-state index contributed by atoms with van der Waals surface area (Å²) in [6, 6.07) is 0. The zero-order valence-electron chi connectivity index (χ0n) is 9.00. The molecule has 0 bridgehead atoms. The third-order valence-corrected chi connectivity index (χ3v) is 0. The third-order valence-electron chi connectivity index (χ3n) is 0. The maximum Gasteiger partial charge on any atom is -0.0411 e. The van der Waals surface area contributed by atoms with Gasteiger partial charge < -0.3 is 0 Å². The molecule has 0 N–H and O–H groups in total. The third kappa shape index (κ3) is 0. The number of rotatable bonds is 0. The van der Waals surface area contributed by atoms with E-state index in [0.717, 1.165) is 0 Å². The second-order valence-corrected chi connectivity index (χ2v) is 6.00. The van der Waals surface area contributed by atoms with Crippen molar-refractivity contribution in [3.63, 3.8) is 0 Å². The van der Waals surface area contributed by atoms with Crippen molar-refractivity contribution in [1.82, 2.24) is 0 Å². The van der Waals surface area contributed by atoms with E-state index in [2.05, 4.69) is 55.4 Å². The van der Waals surface area contributed by atoms with Crippen LogP contribution in [0.3, 0.4) is 0 Å². The van der Waals surface area contributed by atoms with Crippen LogP contribution in [0.2, 0.25) is 0 Å². The van der Waals surface area contributed by atoms with Crippen LogP contribution < -0.4 is 0 Å². The van der Waals surface area contributed by atoms with Gasteiger partial charge in [0, 0.05) is 0 Å². The van der Waals surface area contributed by atoms with Crippen molar-refractivity contribution in [2.75, 3.05) is 0 Å². The van der Waals surface area contributed by atoms with E-state index in [1.807, 2.05) is 0 Å². The van der Waals surface area contributed by atoms with E-state index >= 15 is 0 Å². The largest absolute Gasteiger partial charge is 0.0776 e. The molecule has 0 aromatic heterocycles. The normalized spacial score (nSPS) is 7.06. The van der Waals surface area contributed by atoms with Gasteiger partial charge in [-0.05, 0) is 10.8 Å². The molecule has 0 aromatic carbocycles. The van der Waals surface area contributed by atoms with Gasteiger partial charge in [0.2, 0.25) is 0 Å². The van der Waals surface area contributed by atoms with Crippen LogP contribution in [0.1, 0.15) is 107 Å². The van der Waals surface area contributed by atoms with Crippen molar-refractivity contribution < 1.29 is 0 Å². The van der Waals surface area contributed by atoms with Crippen molar-refractivity contribution >= 4 is 0 Å². The Balaban J connectivity index is -0.00000000762. The summed E-state index contributed by atoms with van der Waals surface area (Å²) in [6.07, 6.45) is 0. The fourth-order valence-corrected chi connectivity index (χ4v) is 0. The van der Waals surface area contributed by atoms with Gasteiger partial charge in [-0.2, -0.15) is 0 Å². The molecule has 0 saturated heterocycles. The molecule has 0 rings (SSSR count). The van der Waals surface area contributed by atoms with E-state index in [4.69, 9.17) is 0 Å². The molecule has 0 aliphatic rings. The maximum absolute atomic E-state index is 2.19. The second-order valence-electron chi connectivity index (χ2n) is 6.00. The highest BCUT2D eigenvalue weighted by atomic mass is 14.0. The summed E-state index contributed by atoms with van der Waals surface area (Å²) in [7, 11) is 0. The van der Waals surface area contributed by atoms with Gasteiger partial charge in [-0.15, -0.1) is 0 Å². The first-order valence-electron chi connectivity index (χ1n) is 4.00. The lowest BCUT2D eigenvalue weighted by atomic mass is 10.0. The molecule has 120 valence electrons. The average Bonchev–Trinajstić information content (AvgIpc) is 1.12. The van der Waals surface area contributed by atoms with Crippen LogP contribution in [0.15, 0.2) is 0 Å². The number of hydrogen-bond donors (Lipinski definition) is 0. The van der Waals surface area contributed by atoms with Gasteiger partial charge in [-0.25, -0.2) is 0 Å². The Bertz CT molecular complexity index is 43.0. The Morgan fingerprint density at radius 2 is 0.294 bits per heavy atom. The lowest BCUT2D eigenvalue weighted by Gasteiger charge is -2.05. The molecule has 0 saturated carbocycles. The average molecular weight is 257 g/mol. The fraction of sp³-hybridized carbons (Fsp3) is 1.00. The van der Waals surface area contributed by atoms with Crippen molar-refractivity contribution in [1.29, 1.82) is 0 Å². The van der Waals surface area contributed by atoms with E-state index in [-0.39, 0.29) is 52.0 Å². The second kappa shape index (κ2) is 25.0. The SMILES string of the molecule is C.C.C.C.C.C.C.CC(C)(C)C.CC(C)(C)C. The zero-order valence-corrected chi connectivity index (χ0v) is 9.00. The summed E-state index contributed by atoms with van der Waals surface area (Å²) in [4.78, 5) is 0. The van der Waals surface area contributed by atoms with Crippen molar-refractivity contribution in [3.8, 4) is 0 Å². The van der Waals surface area contributed by atoms with Gasteiger partial charge in [0.1, 0.15) is 0 Å². The minimum atomic E-state index is 0. The molecule has 0 aromatic rings. The Labute approximate surface area is 119 Å². The van der Waals surface area contributed by atoms with E-state index in [0.29, 0.717) is 10.8 Å². The molecule has 0 nitrogen and oxygen atoms in total. The summed E-state index contributed by atoms with van der Waals surface area (Å²) in [5, 5.41) is 0. The Morgan fingerprint density at radius 3 is 0.294 bits per heavy atom. The van der Waals surface area contributed by atoms with Crippen LogP contribution in [0, 0.1) is 10.8 Å². The van der Waals surface area contributed by atoms with Gasteiger partial charge in [0.15, 0.2) is 0 Å². The molecular formula is C17H52. The van der Waals surface area contributed by atoms with Gasteiger partial charge in [0.25, 0.3) is 0 Å².